The summed E-state index contributed by atoms with van der Waals surface area (Å²) in [6, 6.07) is 12.2. The van der Waals surface area contributed by atoms with Crippen molar-refractivity contribution in [2.24, 2.45) is 10.2 Å². The lowest BCUT2D eigenvalue weighted by molar-refractivity contribution is -0.385. The smallest absolute Gasteiger partial charge is 0.269 e. The van der Waals surface area contributed by atoms with Crippen molar-refractivity contribution in [1.29, 1.82) is 0 Å². The molecule has 2 N–H and O–H groups in total. The first-order chi connectivity index (χ1) is 13.5. The lowest BCUT2D eigenvalue weighted by Crippen LogP contribution is -2.16. The number of anilines is 2. The highest BCUT2D eigenvalue weighted by Gasteiger charge is 2.13. The van der Waals surface area contributed by atoms with Gasteiger partial charge in [0, 0.05) is 35.7 Å². The normalized spacial score (nSPS) is 13.6. The van der Waals surface area contributed by atoms with Crippen LogP contribution >= 0.6 is 0 Å². The summed E-state index contributed by atoms with van der Waals surface area (Å²) in [5, 5.41) is 30.0. The van der Waals surface area contributed by atoms with Crippen LogP contribution in [0.3, 0.4) is 0 Å². The lowest BCUT2D eigenvalue weighted by atomic mass is 9.97. The predicted octanol–water partition coefficient (Wildman–Crippen LogP) is 4.31. The molecular weight excluding hydrogens is 364 g/mol. The van der Waals surface area contributed by atoms with Crippen LogP contribution < -0.4 is 10.9 Å². The van der Waals surface area contributed by atoms with Crippen LogP contribution in [-0.4, -0.2) is 21.3 Å². The number of nitrogens with one attached hydrogen (secondary N) is 2. The predicted molar refractivity (Wildman–Crippen MR) is 107 cm³/mol. The maximum absolute atomic E-state index is 10.6. The second kappa shape index (κ2) is 8.71. The molecule has 0 atom stereocenters. The first-order valence-electron chi connectivity index (χ1n) is 8.63. The Labute approximate surface area is 160 Å². The van der Waals surface area contributed by atoms with E-state index >= 15 is 0 Å². The number of hydrogen-bond acceptors (Lipinski definition) is 8. The number of benzene rings is 2. The van der Waals surface area contributed by atoms with Gasteiger partial charge in [0.2, 0.25) is 0 Å². The summed E-state index contributed by atoms with van der Waals surface area (Å²) >= 11 is 0. The van der Waals surface area contributed by atoms with Crippen LogP contribution in [0, 0.1) is 20.2 Å². The van der Waals surface area contributed by atoms with Gasteiger partial charge in [-0.3, -0.25) is 31.1 Å². The maximum Gasteiger partial charge on any atom is 0.269 e. The third-order valence-corrected chi connectivity index (χ3v) is 4.25. The Morgan fingerprint density at radius 3 is 1.25 bits per heavy atom. The van der Waals surface area contributed by atoms with Gasteiger partial charge >= 0.3 is 0 Å². The van der Waals surface area contributed by atoms with Crippen molar-refractivity contribution < 1.29 is 9.85 Å². The molecule has 28 heavy (non-hydrogen) atoms. The van der Waals surface area contributed by atoms with Gasteiger partial charge in [-0.1, -0.05) is 0 Å². The topological polar surface area (TPSA) is 135 Å². The Balaban J connectivity index is 1.49. The lowest BCUT2D eigenvalue weighted by Gasteiger charge is -2.15. The highest BCUT2D eigenvalue weighted by Crippen LogP contribution is 2.19. The van der Waals surface area contributed by atoms with Crippen LogP contribution in [0.5, 0.6) is 0 Å². The van der Waals surface area contributed by atoms with E-state index in [-0.39, 0.29) is 11.4 Å². The van der Waals surface area contributed by atoms with Gasteiger partial charge in [-0.2, -0.15) is 10.2 Å². The van der Waals surface area contributed by atoms with Crippen molar-refractivity contribution in [2.75, 3.05) is 10.9 Å². The van der Waals surface area contributed by atoms with E-state index in [0.717, 1.165) is 37.1 Å². The minimum Gasteiger partial charge on any atom is -0.279 e. The van der Waals surface area contributed by atoms with Crippen LogP contribution in [0.2, 0.25) is 0 Å². The fraction of sp³-hybridized carbons (Fsp3) is 0.222. The van der Waals surface area contributed by atoms with E-state index in [1.807, 2.05) is 0 Å². The summed E-state index contributed by atoms with van der Waals surface area (Å²) in [6.07, 6.45) is 3.06. The van der Waals surface area contributed by atoms with Gasteiger partial charge in [0.25, 0.3) is 11.4 Å². The van der Waals surface area contributed by atoms with Crippen molar-refractivity contribution in [3.63, 3.8) is 0 Å². The summed E-state index contributed by atoms with van der Waals surface area (Å²) in [4.78, 5) is 20.4. The van der Waals surface area contributed by atoms with E-state index in [4.69, 9.17) is 0 Å². The summed E-state index contributed by atoms with van der Waals surface area (Å²) in [7, 11) is 0. The Kier molecular flexibility index (Phi) is 5.90. The summed E-state index contributed by atoms with van der Waals surface area (Å²) in [5.41, 5.74) is 9.32. The second-order valence-electron chi connectivity index (χ2n) is 6.19. The van der Waals surface area contributed by atoms with Gasteiger partial charge in [-0.15, -0.1) is 0 Å². The molecule has 3 rings (SSSR count). The van der Waals surface area contributed by atoms with E-state index < -0.39 is 9.85 Å². The van der Waals surface area contributed by atoms with E-state index in [0.29, 0.717) is 11.4 Å². The summed E-state index contributed by atoms with van der Waals surface area (Å²) in [6.45, 7) is 0. The van der Waals surface area contributed by atoms with Crippen LogP contribution in [0.15, 0.2) is 58.7 Å². The average Bonchev–Trinajstić information content (AvgIpc) is 2.72. The van der Waals surface area contributed by atoms with Crippen LogP contribution in [-0.2, 0) is 0 Å². The molecule has 0 aromatic heterocycles. The molecule has 0 bridgehead atoms. The molecule has 0 radical (unpaired) electrons. The van der Waals surface area contributed by atoms with Crippen LogP contribution in [0.1, 0.15) is 25.7 Å². The Hall–Kier alpha value is -3.82. The maximum atomic E-state index is 10.6. The van der Waals surface area contributed by atoms with Gasteiger partial charge in [-0.05, 0) is 49.9 Å². The Morgan fingerprint density at radius 2 is 0.964 bits per heavy atom. The van der Waals surface area contributed by atoms with Crippen molar-refractivity contribution in [3.8, 4) is 0 Å². The zero-order valence-electron chi connectivity index (χ0n) is 14.9. The molecule has 0 aliphatic heterocycles. The molecule has 1 aliphatic rings. The number of hydrazone groups is 2. The summed E-state index contributed by atoms with van der Waals surface area (Å²) in [5.74, 6) is 0. The molecule has 1 fully saturated rings. The number of nitrogens with zero attached hydrogens (tertiary/aromatic N) is 4. The minimum absolute atomic E-state index is 0.0391. The number of non-ortho nitro benzene ring substituents is 2. The quantitative estimate of drug-likeness (QED) is 0.564. The number of hydrogen-bond donors (Lipinski definition) is 2. The van der Waals surface area contributed by atoms with Gasteiger partial charge in [0.15, 0.2) is 0 Å². The number of nitro benzene ring substituents is 2. The fourth-order valence-corrected chi connectivity index (χ4v) is 2.65. The molecular formula is C18H18N6O4. The molecule has 2 aromatic rings. The number of rotatable bonds is 6. The van der Waals surface area contributed by atoms with Crippen LogP contribution in [0.25, 0.3) is 0 Å². The third kappa shape index (κ3) is 5.10. The molecule has 2 aromatic carbocycles. The molecule has 1 saturated carbocycles. The van der Waals surface area contributed by atoms with Crippen LogP contribution in [0.4, 0.5) is 22.7 Å². The van der Waals surface area contributed by atoms with Gasteiger partial charge in [0.05, 0.1) is 21.2 Å². The van der Waals surface area contributed by atoms with E-state index in [2.05, 4.69) is 21.1 Å². The van der Waals surface area contributed by atoms with Gasteiger partial charge in [-0.25, -0.2) is 0 Å². The first-order valence-corrected chi connectivity index (χ1v) is 8.63. The third-order valence-electron chi connectivity index (χ3n) is 4.25. The molecule has 10 nitrogen and oxygen atoms in total. The highest BCUT2D eigenvalue weighted by atomic mass is 16.6. The second-order valence-corrected chi connectivity index (χ2v) is 6.19. The Bertz CT molecular complexity index is 833. The van der Waals surface area contributed by atoms with Crippen molar-refractivity contribution in [1.82, 2.24) is 0 Å². The van der Waals surface area contributed by atoms with E-state index in [9.17, 15) is 20.2 Å². The molecule has 0 heterocycles. The summed E-state index contributed by atoms with van der Waals surface area (Å²) < 4.78 is 0. The molecule has 10 heteroatoms. The van der Waals surface area contributed by atoms with Crippen molar-refractivity contribution in [3.05, 3.63) is 68.8 Å². The average molecular weight is 382 g/mol. The standard InChI is InChI=1S/C18H18N6O4/c25-23(26)17-9-5-15(6-10-17)21-19-13-1-2-14(4-3-13)20-22-16-7-11-18(12-8-16)24(27)28/h5-12,21-22H,1-4H2. The van der Waals surface area contributed by atoms with Gasteiger partial charge in [0.1, 0.15) is 0 Å². The molecule has 0 saturated heterocycles. The monoisotopic (exact) mass is 382 g/mol. The minimum atomic E-state index is -0.442. The zero-order chi connectivity index (χ0) is 19.9. The highest BCUT2D eigenvalue weighted by molar-refractivity contribution is 5.98. The molecule has 0 spiro atoms. The zero-order valence-corrected chi connectivity index (χ0v) is 14.9. The Morgan fingerprint density at radius 1 is 0.643 bits per heavy atom. The largest absolute Gasteiger partial charge is 0.279 e. The molecule has 0 unspecified atom stereocenters. The van der Waals surface area contributed by atoms with Crippen molar-refractivity contribution >= 4 is 34.2 Å². The molecule has 1 aliphatic carbocycles. The van der Waals surface area contributed by atoms with E-state index in [1.165, 1.54) is 24.3 Å². The van der Waals surface area contributed by atoms with Gasteiger partial charge < -0.3 is 0 Å². The first kappa shape index (κ1) is 19.0. The SMILES string of the molecule is O=[N+]([O-])c1ccc(NN=C2CCC(=NNc3ccc([N+](=O)[O-])cc3)CC2)cc1. The van der Waals surface area contributed by atoms with E-state index in [1.54, 1.807) is 24.3 Å². The van der Waals surface area contributed by atoms with Crippen molar-refractivity contribution in [2.45, 2.75) is 25.7 Å². The molecule has 144 valence electrons. The molecule has 0 amide bonds. The fourth-order valence-electron chi connectivity index (χ4n) is 2.65. The number of nitro groups is 2.